The summed E-state index contributed by atoms with van der Waals surface area (Å²) < 4.78 is 29.4. The highest BCUT2D eigenvalue weighted by atomic mass is 19.1. The first kappa shape index (κ1) is 17.5. The summed E-state index contributed by atoms with van der Waals surface area (Å²) in [4.78, 5) is 11.4. The quantitative estimate of drug-likeness (QED) is 0.612. The number of esters is 1. The molecule has 0 aliphatic rings. The van der Waals surface area contributed by atoms with Gasteiger partial charge in [-0.05, 0) is 47.9 Å². The third-order valence-corrected chi connectivity index (χ3v) is 3.65. The molecule has 0 amide bonds. The van der Waals surface area contributed by atoms with E-state index in [2.05, 4.69) is 4.74 Å². The molecule has 0 unspecified atom stereocenters. The van der Waals surface area contributed by atoms with E-state index in [4.69, 9.17) is 9.47 Å². The van der Waals surface area contributed by atoms with Gasteiger partial charge in [-0.3, -0.25) is 0 Å². The number of allylic oxidation sites excluding steroid dienone is 1. The van der Waals surface area contributed by atoms with Gasteiger partial charge in [-0.2, -0.15) is 0 Å². The maximum atomic E-state index is 14.3. The van der Waals surface area contributed by atoms with Crippen LogP contribution in [0.2, 0.25) is 0 Å². The highest BCUT2D eigenvalue weighted by Gasteiger charge is 2.11. The molecule has 0 fully saturated rings. The zero-order valence-corrected chi connectivity index (χ0v) is 14.1. The van der Waals surface area contributed by atoms with Crippen molar-refractivity contribution in [2.75, 3.05) is 21.3 Å². The molecular weight excluding hydrogens is 311 g/mol. The lowest BCUT2D eigenvalue weighted by atomic mass is 9.98. The predicted octanol–water partition coefficient (Wildman–Crippen LogP) is 4.09. The number of rotatable bonds is 5. The largest absolute Gasteiger partial charge is 0.493 e. The van der Waals surface area contributed by atoms with Crippen molar-refractivity contribution in [1.82, 2.24) is 0 Å². The Morgan fingerprint density at radius 3 is 2.33 bits per heavy atom. The Morgan fingerprint density at radius 1 is 1.00 bits per heavy atom. The summed E-state index contributed by atoms with van der Waals surface area (Å²) in [7, 11) is 4.38. The zero-order valence-electron chi connectivity index (χ0n) is 14.1. The van der Waals surface area contributed by atoms with Gasteiger partial charge in [0.25, 0.3) is 0 Å². The predicted molar refractivity (Wildman–Crippen MR) is 90.6 cm³/mol. The third-order valence-electron chi connectivity index (χ3n) is 3.65. The first-order valence-electron chi connectivity index (χ1n) is 7.28. The number of methoxy groups -OCH3 is 3. The summed E-state index contributed by atoms with van der Waals surface area (Å²) in [5.41, 5.74) is 2.47. The van der Waals surface area contributed by atoms with E-state index in [1.165, 1.54) is 26.4 Å². The molecule has 0 heterocycles. The molecule has 126 valence electrons. The Morgan fingerprint density at radius 2 is 1.71 bits per heavy atom. The molecule has 0 aliphatic carbocycles. The van der Waals surface area contributed by atoms with Gasteiger partial charge in [0, 0.05) is 11.6 Å². The molecule has 2 aromatic carbocycles. The summed E-state index contributed by atoms with van der Waals surface area (Å²) in [5, 5.41) is 0. The standard InChI is InChI=1S/C19H19FO4/c1-12(9-19(21)24-4)13-5-7-16(20)15(10-13)14-6-8-17(22-2)18(11-14)23-3/h5-11H,1-4H3/b12-9+. The lowest BCUT2D eigenvalue weighted by Gasteiger charge is -2.11. The average molecular weight is 330 g/mol. The summed E-state index contributed by atoms with van der Waals surface area (Å²) in [5.74, 6) is 0.266. The number of carbonyl (C=O) groups is 1. The fourth-order valence-corrected chi connectivity index (χ4v) is 2.31. The smallest absolute Gasteiger partial charge is 0.330 e. The second-order valence-electron chi connectivity index (χ2n) is 5.11. The maximum absolute atomic E-state index is 14.3. The van der Waals surface area contributed by atoms with Crippen molar-refractivity contribution in [3.8, 4) is 22.6 Å². The second-order valence-corrected chi connectivity index (χ2v) is 5.11. The van der Waals surface area contributed by atoms with Crippen LogP contribution in [-0.2, 0) is 9.53 Å². The van der Waals surface area contributed by atoms with E-state index < -0.39 is 5.97 Å². The SMILES string of the molecule is COC(=O)/C=C(\C)c1ccc(F)c(-c2ccc(OC)c(OC)c2)c1. The van der Waals surface area contributed by atoms with Gasteiger partial charge in [0.15, 0.2) is 11.5 Å². The average Bonchev–Trinajstić information content (AvgIpc) is 2.61. The van der Waals surface area contributed by atoms with Crippen molar-refractivity contribution in [1.29, 1.82) is 0 Å². The van der Waals surface area contributed by atoms with Crippen molar-refractivity contribution in [3.63, 3.8) is 0 Å². The van der Waals surface area contributed by atoms with Crippen LogP contribution in [0.3, 0.4) is 0 Å². The van der Waals surface area contributed by atoms with Gasteiger partial charge >= 0.3 is 5.97 Å². The Labute approximate surface area is 140 Å². The van der Waals surface area contributed by atoms with Crippen LogP contribution in [0.1, 0.15) is 12.5 Å². The van der Waals surface area contributed by atoms with Crippen molar-refractivity contribution in [2.45, 2.75) is 6.92 Å². The van der Waals surface area contributed by atoms with Gasteiger partial charge in [-0.25, -0.2) is 9.18 Å². The van der Waals surface area contributed by atoms with E-state index in [1.807, 2.05) is 0 Å². The number of benzene rings is 2. The number of halogens is 1. The van der Waals surface area contributed by atoms with Crippen LogP contribution in [0, 0.1) is 5.82 Å². The summed E-state index contributed by atoms with van der Waals surface area (Å²) in [6, 6.07) is 9.86. The van der Waals surface area contributed by atoms with Crippen molar-refractivity contribution in [2.24, 2.45) is 0 Å². The van der Waals surface area contributed by atoms with E-state index in [-0.39, 0.29) is 5.82 Å². The molecule has 0 aromatic heterocycles. The van der Waals surface area contributed by atoms with E-state index >= 15 is 0 Å². The van der Waals surface area contributed by atoms with Crippen LogP contribution in [0.4, 0.5) is 4.39 Å². The molecule has 2 aromatic rings. The Balaban J connectivity index is 2.50. The molecular formula is C19H19FO4. The second kappa shape index (κ2) is 7.64. The van der Waals surface area contributed by atoms with Crippen LogP contribution >= 0.6 is 0 Å². The highest BCUT2D eigenvalue weighted by molar-refractivity contribution is 5.91. The molecule has 4 nitrogen and oxygen atoms in total. The minimum Gasteiger partial charge on any atom is -0.493 e. The number of ether oxygens (including phenoxy) is 3. The Hall–Kier alpha value is -2.82. The van der Waals surface area contributed by atoms with Gasteiger partial charge in [-0.1, -0.05) is 12.1 Å². The lowest BCUT2D eigenvalue weighted by molar-refractivity contribution is -0.134. The van der Waals surface area contributed by atoms with Crippen LogP contribution in [0.15, 0.2) is 42.5 Å². The van der Waals surface area contributed by atoms with Crippen LogP contribution in [0.5, 0.6) is 11.5 Å². The number of carbonyl (C=O) groups excluding carboxylic acids is 1. The van der Waals surface area contributed by atoms with Crippen molar-refractivity contribution < 1.29 is 23.4 Å². The van der Waals surface area contributed by atoms with Gasteiger partial charge in [0.05, 0.1) is 21.3 Å². The normalized spacial score (nSPS) is 11.1. The monoisotopic (exact) mass is 330 g/mol. The van der Waals surface area contributed by atoms with E-state index in [0.29, 0.717) is 28.2 Å². The van der Waals surface area contributed by atoms with E-state index in [9.17, 15) is 9.18 Å². The fourth-order valence-electron chi connectivity index (χ4n) is 2.31. The topological polar surface area (TPSA) is 44.8 Å². The minimum atomic E-state index is -0.454. The van der Waals surface area contributed by atoms with Gasteiger partial charge in [-0.15, -0.1) is 0 Å². The van der Waals surface area contributed by atoms with Crippen molar-refractivity contribution >= 4 is 11.5 Å². The third kappa shape index (κ3) is 3.74. The summed E-state index contributed by atoms with van der Waals surface area (Å²) in [6.07, 6.45) is 1.37. The minimum absolute atomic E-state index is 0.364. The van der Waals surface area contributed by atoms with Gasteiger partial charge < -0.3 is 14.2 Å². The van der Waals surface area contributed by atoms with E-state index in [0.717, 1.165) is 5.56 Å². The lowest BCUT2D eigenvalue weighted by Crippen LogP contribution is -1.96. The molecule has 2 rings (SSSR count). The molecule has 0 saturated heterocycles. The molecule has 0 saturated carbocycles. The van der Waals surface area contributed by atoms with Crippen LogP contribution in [-0.4, -0.2) is 27.3 Å². The summed E-state index contributed by atoms with van der Waals surface area (Å²) in [6.45, 7) is 1.77. The van der Waals surface area contributed by atoms with Gasteiger partial charge in [0.1, 0.15) is 5.82 Å². The molecule has 5 heteroatoms. The van der Waals surface area contributed by atoms with Crippen molar-refractivity contribution in [3.05, 3.63) is 53.9 Å². The first-order valence-corrected chi connectivity index (χ1v) is 7.28. The van der Waals surface area contributed by atoms with Gasteiger partial charge in [0.2, 0.25) is 0 Å². The molecule has 0 atom stereocenters. The molecule has 24 heavy (non-hydrogen) atoms. The molecule has 0 radical (unpaired) electrons. The fraction of sp³-hybridized carbons (Fsp3) is 0.211. The molecule has 0 aliphatic heterocycles. The zero-order chi connectivity index (χ0) is 17.7. The molecule has 0 spiro atoms. The first-order chi connectivity index (χ1) is 11.5. The Kier molecular flexibility index (Phi) is 5.58. The van der Waals surface area contributed by atoms with Crippen LogP contribution < -0.4 is 9.47 Å². The van der Waals surface area contributed by atoms with Crippen LogP contribution in [0.25, 0.3) is 16.7 Å². The molecule has 0 N–H and O–H groups in total. The van der Waals surface area contributed by atoms with E-state index in [1.54, 1.807) is 44.4 Å². The summed E-state index contributed by atoms with van der Waals surface area (Å²) >= 11 is 0. The maximum Gasteiger partial charge on any atom is 0.330 e. The molecule has 0 bridgehead atoms. The number of hydrogen-bond acceptors (Lipinski definition) is 4. The highest BCUT2D eigenvalue weighted by Crippen LogP contribution is 2.34. The number of hydrogen-bond donors (Lipinski definition) is 0. The Bertz CT molecular complexity index is 781.